The second-order valence-corrected chi connectivity index (χ2v) is 6.22. The molecule has 0 aliphatic rings. The minimum absolute atomic E-state index is 0.0877. The van der Waals surface area contributed by atoms with Crippen molar-refractivity contribution in [3.8, 4) is 6.07 Å². The Morgan fingerprint density at radius 2 is 2.00 bits per heavy atom. The lowest BCUT2D eigenvalue weighted by Crippen LogP contribution is -2.35. The molecule has 3 nitrogen and oxygen atoms in total. The maximum Gasteiger partial charge on any atom is 0.176 e. The second-order valence-electron chi connectivity index (χ2n) is 5.19. The molecule has 0 aliphatic heterocycles. The predicted molar refractivity (Wildman–Crippen MR) is 85.4 cm³/mol. The van der Waals surface area contributed by atoms with Gasteiger partial charge in [0.2, 0.25) is 0 Å². The van der Waals surface area contributed by atoms with Gasteiger partial charge in [-0.1, -0.05) is 18.2 Å². The van der Waals surface area contributed by atoms with Crippen LogP contribution < -0.4 is 0 Å². The number of hydrogen-bond acceptors (Lipinski definition) is 4. The van der Waals surface area contributed by atoms with Crippen molar-refractivity contribution in [3.63, 3.8) is 0 Å². The zero-order chi connectivity index (χ0) is 15.2. The molecule has 0 amide bonds. The smallest absolute Gasteiger partial charge is 0.176 e. The number of nitriles is 1. The topological polar surface area (TPSA) is 44.1 Å². The van der Waals surface area contributed by atoms with E-state index in [0.717, 1.165) is 6.54 Å². The fraction of sp³-hybridized carbons (Fsp3) is 0.294. The van der Waals surface area contributed by atoms with E-state index in [9.17, 15) is 4.79 Å². The Bertz CT molecular complexity index is 624. The van der Waals surface area contributed by atoms with Gasteiger partial charge >= 0.3 is 0 Å². The number of nitrogens with zero attached hydrogens (tertiary/aromatic N) is 2. The molecule has 21 heavy (non-hydrogen) atoms. The van der Waals surface area contributed by atoms with Crippen LogP contribution in [0.25, 0.3) is 0 Å². The van der Waals surface area contributed by atoms with E-state index in [0.29, 0.717) is 23.7 Å². The Morgan fingerprint density at radius 1 is 1.29 bits per heavy atom. The summed E-state index contributed by atoms with van der Waals surface area (Å²) in [5.74, 6) is 0.0877. The van der Waals surface area contributed by atoms with Gasteiger partial charge in [0.25, 0.3) is 0 Å². The van der Waals surface area contributed by atoms with Gasteiger partial charge in [0, 0.05) is 23.0 Å². The summed E-state index contributed by atoms with van der Waals surface area (Å²) in [6, 6.07) is 13.3. The molecule has 0 radical (unpaired) electrons. The molecule has 0 aliphatic carbocycles. The van der Waals surface area contributed by atoms with Crippen LogP contribution in [0.4, 0.5) is 0 Å². The number of Topliss-reactive ketones (excluding diaryl/α,β-unsaturated/α-hetero) is 1. The molecule has 1 aromatic heterocycles. The van der Waals surface area contributed by atoms with Gasteiger partial charge in [-0.15, -0.1) is 11.3 Å². The number of benzene rings is 1. The number of carbonyl (C=O) groups excluding carboxylic acids is 1. The molecule has 0 fully saturated rings. The summed E-state index contributed by atoms with van der Waals surface area (Å²) in [7, 11) is 0. The van der Waals surface area contributed by atoms with Gasteiger partial charge in [-0.2, -0.15) is 5.26 Å². The van der Waals surface area contributed by atoms with E-state index in [4.69, 9.17) is 5.26 Å². The lowest BCUT2D eigenvalue weighted by Gasteiger charge is -2.25. The Hall–Kier alpha value is -1.96. The van der Waals surface area contributed by atoms with Crippen molar-refractivity contribution in [3.05, 3.63) is 57.8 Å². The van der Waals surface area contributed by atoms with Crippen molar-refractivity contribution in [2.75, 3.05) is 6.54 Å². The maximum atomic E-state index is 12.4. The molecule has 108 valence electrons. The SMILES string of the molecule is CC(C)N(CC(=O)c1ccc(C#N)cc1)Cc1cccs1. The minimum Gasteiger partial charge on any atom is -0.293 e. The summed E-state index contributed by atoms with van der Waals surface area (Å²) < 4.78 is 0. The molecule has 0 spiro atoms. The third kappa shape index (κ3) is 4.25. The Morgan fingerprint density at radius 3 is 2.52 bits per heavy atom. The molecule has 2 rings (SSSR count). The first-order chi connectivity index (χ1) is 10.1. The Balaban J connectivity index is 2.05. The van der Waals surface area contributed by atoms with Gasteiger partial charge in [-0.3, -0.25) is 9.69 Å². The van der Waals surface area contributed by atoms with Gasteiger partial charge in [0.1, 0.15) is 0 Å². The zero-order valence-electron chi connectivity index (χ0n) is 12.2. The average molecular weight is 298 g/mol. The average Bonchev–Trinajstić information content (AvgIpc) is 2.99. The van der Waals surface area contributed by atoms with E-state index in [1.165, 1.54) is 4.88 Å². The fourth-order valence-corrected chi connectivity index (χ4v) is 2.76. The van der Waals surface area contributed by atoms with E-state index in [-0.39, 0.29) is 5.78 Å². The highest BCUT2D eigenvalue weighted by molar-refractivity contribution is 7.09. The number of thiophene rings is 1. The molecular weight excluding hydrogens is 280 g/mol. The molecular formula is C17H18N2OS. The highest BCUT2D eigenvalue weighted by Gasteiger charge is 2.16. The number of rotatable bonds is 6. The summed E-state index contributed by atoms with van der Waals surface area (Å²) in [6.45, 7) is 5.37. The minimum atomic E-state index is 0.0877. The van der Waals surface area contributed by atoms with Gasteiger partial charge < -0.3 is 0 Å². The van der Waals surface area contributed by atoms with Crippen LogP contribution in [0.5, 0.6) is 0 Å². The lowest BCUT2D eigenvalue weighted by atomic mass is 10.1. The quantitative estimate of drug-likeness (QED) is 0.764. The van der Waals surface area contributed by atoms with Crippen LogP contribution in [0.2, 0.25) is 0 Å². The molecule has 1 aromatic carbocycles. The van der Waals surface area contributed by atoms with Gasteiger partial charge in [0.15, 0.2) is 5.78 Å². The molecule has 0 N–H and O–H groups in total. The van der Waals surface area contributed by atoms with Gasteiger partial charge in [-0.25, -0.2) is 0 Å². The Kier molecular flexibility index (Phi) is 5.26. The molecule has 0 atom stereocenters. The summed E-state index contributed by atoms with van der Waals surface area (Å²) in [5, 5.41) is 10.8. The van der Waals surface area contributed by atoms with Crippen LogP contribution in [0.3, 0.4) is 0 Å². The predicted octanol–water partition coefficient (Wildman–Crippen LogP) is 3.71. The number of carbonyl (C=O) groups is 1. The second kappa shape index (κ2) is 7.16. The van der Waals surface area contributed by atoms with Crippen LogP contribution >= 0.6 is 11.3 Å². The van der Waals surface area contributed by atoms with Crippen LogP contribution in [0.15, 0.2) is 41.8 Å². The maximum absolute atomic E-state index is 12.4. The zero-order valence-corrected chi connectivity index (χ0v) is 13.1. The van der Waals surface area contributed by atoms with Crippen molar-refractivity contribution in [2.24, 2.45) is 0 Å². The first-order valence-corrected chi connectivity index (χ1v) is 7.78. The van der Waals surface area contributed by atoms with Crippen molar-refractivity contribution >= 4 is 17.1 Å². The molecule has 0 bridgehead atoms. The van der Waals surface area contributed by atoms with Gasteiger partial charge in [-0.05, 0) is 37.4 Å². The van der Waals surface area contributed by atoms with Crippen LogP contribution in [0, 0.1) is 11.3 Å². The van der Waals surface area contributed by atoms with Crippen molar-refractivity contribution in [1.82, 2.24) is 4.90 Å². The van der Waals surface area contributed by atoms with Crippen LogP contribution in [0.1, 0.15) is 34.6 Å². The monoisotopic (exact) mass is 298 g/mol. The van der Waals surface area contributed by atoms with Crippen LogP contribution in [-0.2, 0) is 6.54 Å². The summed E-state index contributed by atoms with van der Waals surface area (Å²) in [5.41, 5.74) is 1.23. The van der Waals surface area contributed by atoms with E-state index < -0.39 is 0 Å². The third-order valence-corrected chi connectivity index (χ3v) is 4.21. The Labute approximate surface area is 129 Å². The number of ketones is 1. The highest BCUT2D eigenvalue weighted by Crippen LogP contribution is 2.15. The van der Waals surface area contributed by atoms with Crippen molar-refractivity contribution < 1.29 is 4.79 Å². The van der Waals surface area contributed by atoms with E-state index in [1.807, 2.05) is 6.07 Å². The van der Waals surface area contributed by atoms with E-state index in [2.05, 4.69) is 36.3 Å². The molecule has 1 heterocycles. The summed E-state index contributed by atoms with van der Waals surface area (Å²) in [4.78, 5) is 15.8. The molecule has 2 aromatic rings. The largest absolute Gasteiger partial charge is 0.293 e. The molecule has 0 saturated heterocycles. The van der Waals surface area contributed by atoms with Crippen LogP contribution in [-0.4, -0.2) is 23.3 Å². The molecule has 4 heteroatoms. The first-order valence-electron chi connectivity index (χ1n) is 6.90. The molecule has 0 unspecified atom stereocenters. The van der Waals surface area contributed by atoms with Gasteiger partial charge in [0.05, 0.1) is 18.2 Å². The van der Waals surface area contributed by atoms with Crippen molar-refractivity contribution in [2.45, 2.75) is 26.4 Å². The highest BCUT2D eigenvalue weighted by atomic mass is 32.1. The standard InChI is InChI=1S/C17H18N2OS/c1-13(2)19(11-16-4-3-9-21-16)12-17(20)15-7-5-14(10-18)6-8-15/h3-9,13H,11-12H2,1-2H3. The normalized spacial score (nSPS) is 10.8. The summed E-state index contributed by atoms with van der Waals surface area (Å²) >= 11 is 1.71. The summed E-state index contributed by atoms with van der Waals surface area (Å²) in [6.07, 6.45) is 0. The fourth-order valence-electron chi connectivity index (χ4n) is 2.03. The van der Waals surface area contributed by atoms with E-state index in [1.54, 1.807) is 35.6 Å². The van der Waals surface area contributed by atoms with Crippen molar-refractivity contribution in [1.29, 1.82) is 5.26 Å². The van der Waals surface area contributed by atoms with E-state index >= 15 is 0 Å². The lowest BCUT2D eigenvalue weighted by molar-refractivity contribution is 0.0899. The molecule has 0 saturated carbocycles. The first kappa shape index (κ1) is 15.4. The number of hydrogen-bond donors (Lipinski definition) is 0. The third-order valence-electron chi connectivity index (χ3n) is 3.35.